The quantitative estimate of drug-likeness (QED) is 0.641. The molecule has 8 heteroatoms. The summed E-state index contributed by atoms with van der Waals surface area (Å²) in [6.07, 6.45) is -1.83. The molecule has 6 nitrogen and oxygen atoms in total. The van der Waals surface area contributed by atoms with Crippen LogP contribution in [0.2, 0.25) is 0 Å². The van der Waals surface area contributed by atoms with Crippen molar-refractivity contribution in [2.45, 2.75) is 12.5 Å². The maximum absolute atomic E-state index is 13.2. The molecular formula is C11H12F2N2O4. The molecule has 104 valence electrons. The molecule has 0 unspecified atom stereocenters. The van der Waals surface area contributed by atoms with Gasteiger partial charge < -0.3 is 20.8 Å². The first kappa shape index (κ1) is 14.8. The van der Waals surface area contributed by atoms with Gasteiger partial charge in [0.15, 0.2) is 6.10 Å². The zero-order chi connectivity index (χ0) is 14.4. The van der Waals surface area contributed by atoms with Crippen molar-refractivity contribution >= 4 is 17.7 Å². The Kier molecular flexibility index (Phi) is 5.19. The minimum absolute atomic E-state index is 0.157. The SMILES string of the molecule is O=C(NCC[C@H](O)C(=O)O)Nc1c(F)cccc1F. The van der Waals surface area contributed by atoms with Gasteiger partial charge in [-0.05, 0) is 12.1 Å². The number of carbonyl (C=O) groups is 2. The first-order valence-corrected chi connectivity index (χ1v) is 5.31. The highest BCUT2D eigenvalue weighted by Gasteiger charge is 2.14. The van der Waals surface area contributed by atoms with Crippen molar-refractivity contribution in [2.75, 3.05) is 11.9 Å². The fourth-order valence-electron chi connectivity index (χ4n) is 1.22. The third kappa shape index (κ3) is 4.51. The molecule has 1 atom stereocenters. The van der Waals surface area contributed by atoms with E-state index in [-0.39, 0.29) is 13.0 Å². The first-order chi connectivity index (χ1) is 8.91. The number of aliphatic hydroxyl groups excluding tert-OH is 1. The van der Waals surface area contributed by atoms with Gasteiger partial charge >= 0.3 is 12.0 Å². The summed E-state index contributed by atoms with van der Waals surface area (Å²) < 4.78 is 26.3. The van der Waals surface area contributed by atoms with E-state index in [0.29, 0.717) is 0 Å². The lowest BCUT2D eigenvalue weighted by Gasteiger charge is -2.10. The van der Waals surface area contributed by atoms with Crippen molar-refractivity contribution in [3.63, 3.8) is 0 Å². The summed E-state index contributed by atoms with van der Waals surface area (Å²) in [5.74, 6) is -3.27. The number of rotatable bonds is 5. The van der Waals surface area contributed by atoms with Crippen LogP contribution in [0.3, 0.4) is 0 Å². The standard InChI is InChI=1S/C11H12F2N2O4/c12-6-2-1-3-7(13)9(6)15-11(19)14-5-4-8(16)10(17)18/h1-3,8,16H,4-5H2,(H,17,18)(H2,14,15,19)/t8-/m0/s1. The molecule has 2 amide bonds. The average molecular weight is 274 g/mol. The van der Waals surface area contributed by atoms with E-state index < -0.39 is 35.4 Å². The van der Waals surface area contributed by atoms with E-state index in [1.807, 2.05) is 5.32 Å². The molecule has 0 saturated carbocycles. The number of benzene rings is 1. The summed E-state index contributed by atoms with van der Waals surface area (Å²) in [6, 6.07) is 2.21. The van der Waals surface area contributed by atoms with Crippen LogP contribution in [0.1, 0.15) is 6.42 Å². The number of amides is 2. The summed E-state index contributed by atoms with van der Waals surface area (Å²) in [5, 5.41) is 21.4. The van der Waals surface area contributed by atoms with E-state index in [4.69, 9.17) is 10.2 Å². The molecule has 0 aliphatic rings. The summed E-state index contributed by atoms with van der Waals surface area (Å²) in [6.45, 7) is -0.157. The highest BCUT2D eigenvalue weighted by Crippen LogP contribution is 2.17. The molecule has 1 rings (SSSR count). The summed E-state index contributed by atoms with van der Waals surface area (Å²) in [7, 11) is 0. The maximum atomic E-state index is 13.2. The van der Waals surface area contributed by atoms with Crippen LogP contribution in [-0.2, 0) is 4.79 Å². The predicted molar refractivity (Wildman–Crippen MR) is 61.6 cm³/mol. The molecule has 0 aliphatic carbocycles. The minimum atomic E-state index is -1.61. The van der Waals surface area contributed by atoms with Crippen molar-refractivity contribution in [1.82, 2.24) is 5.32 Å². The van der Waals surface area contributed by atoms with Crippen molar-refractivity contribution < 1.29 is 28.6 Å². The molecule has 1 aromatic carbocycles. The number of aliphatic hydroxyl groups is 1. The maximum Gasteiger partial charge on any atom is 0.332 e. The second kappa shape index (κ2) is 6.64. The molecule has 4 N–H and O–H groups in total. The van der Waals surface area contributed by atoms with Crippen LogP contribution in [0.4, 0.5) is 19.3 Å². The van der Waals surface area contributed by atoms with E-state index in [9.17, 15) is 18.4 Å². The van der Waals surface area contributed by atoms with Crippen molar-refractivity contribution in [1.29, 1.82) is 0 Å². The first-order valence-electron chi connectivity index (χ1n) is 5.31. The summed E-state index contributed by atoms with van der Waals surface area (Å²) in [5.41, 5.74) is -0.598. The number of nitrogens with one attached hydrogen (secondary N) is 2. The van der Waals surface area contributed by atoms with Gasteiger partial charge in [-0.1, -0.05) is 6.07 Å². The van der Waals surface area contributed by atoms with E-state index in [1.54, 1.807) is 0 Å². The Morgan fingerprint density at radius 2 is 1.84 bits per heavy atom. The van der Waals surface area contributed by atoms with Crippen LogP contribution in [0.5, 0.6) is 0 Å². The smallest absolute Gasteiger partial charge is 0.332 e. The highest BCUT2D eigenvalue weighted by molar-refractivity contribution is 5.89. The molecular weight excluding hydrogens is 262 g/mol. The van der Waals surface area contributed by atoms with Gasteiger partial charge in [-0.15, -0.1) is 0 Å². The van der Waals surface area contributed by atoms with Gasteiger partial charge in [-0.25, -0.2) is 18.4 Å². The molecule has 0 fully saturated rings. The lowest BCUT2D eigenvalue weighted by molar-refractivity contribution is -0.146. The number of aliphatic carboxylic acids is 1. The van der Waals surface area contributed by atoms with Crippen LogP contribution in [0, 0.1) is 11.6 Å². The van der Waals surface area contributed by atoms with Gasteiger partial charge in [0.25, 0.3) is 0 Å². The van der Waals surface area contributed by atoms with Gasteiger partial charge in [0, 0.05) is 13.0 Å². The van der Waals surface area contributed by atoms with Gasteiger partial charge in [0.1, 0.15) is 17.3 Å². The van der Waals surface area contributed by atoms with Crippen LogP contribution in [-0.4, -0.2) is 34.9 Å². The molecule has 0 saturated heterocycles. The summed E-state index contributed by atoms with van der Waals surface area (Å²) >= 11 is 0. The van der Waals surface area contributed by atoms with E-state index in [2.05, 4.69) is 5.32 Å². The van der Waals surface area contributed by atoms with Crippen molar-refractivity contribution in [3.05, 3.63) is 29.8 Å². The third-order valence-corrected chi connectivity index (χ3v) is 2.19. The number of hydrogen-bond acceptors (Lipinski definition) is 3. The molecule has 0 radical (unpaired) electrons. The highest BCUT2D eigenvalue weighted by atomic mass is 19.1. The molecule has 0 bridgehead atoms. The Labute approximate surface area is 107 Å². The van der Waals surface area contributed by atoms with Gasteiger partial charge in [0.05, 0.1) is 0 Å². The molecule has 1 aromatic rings. The summed E-state index contributed by atoms with van der Waals surface area (Å²) in [4.78, 5) is 21.6. The van der Waals surface area contributed by atoms with E-state index in [0.717, 1.165) is 18.2 Å². The Bertz CT molecular complexity index is 462. The second-order valence-corrected chi connectivity index (χ2v) is 3.62. The van der Waals surface area contributed by atoms with E-state index in [1.165, 1.54) is 0 Å². The zero-order valence-corrected chi connectivity index (χ0v) is 9.69. The number of halogens is 2. The third-order valence-electron chi connectivity index (χ3n) is 2.19. The monoisotopic (exact) mass is 274 g/mol. The number of para-hydroxylation sites is 1. The number of carboxylic acid groups (broad SMARTS) is 1. The Morgan fingerprint density at radius 3 is 2.37 bits per heavy atom. The van der Waals surface area contributed by atoms with Gasteiger partial charge in [-0.3, -0.25) is 0 Å². The molecule has 0 aromatic heterocycles. The Balaban J connectivity index is 2.46. The lowest BCUT2D eigenvalue weighted by atomic mass is 10.2. The molecule has 0 spiro atoms. The zero-order valence-electron chi connectivity index (χ0n) is 9.69. The number of urea groups is 1. The normalized spacial score (nSPS) is 11.7. The largest absolute Gasteiger partial charge is 0.479 e. The predicted octanol–water partition coefficient (Wildman–Crippen LogP) is 0.922. The molecule has 19 heavy (non-hydrogen) atoms. The fraction of sp³-hybridized carbons (Fsp3) is 0.273. The van der Waals surface area contributed by atoms with Crippen molar-refractivity contribution in [3.8, 4) is 0 Å². The van der Waals surface area contributed by atoms with Crippen LogP contribution >= 0.6 is 0 Å². The van der Waals surface area contributed by atoms with Crippen LogP contribution < -0.4 is 10.6 Å². The Hall–Kier alpha value is -2.22. The molecule has 0 aliphatic heterocycles. The number of hydrogen-bond donors (Lipinski definition) is 4. The van der Waals surface area contributed by atoms with E-state index >= 15 is 0 Å². The Morgan fingerprint density at radius 1 is 1.26 bits per heavy atom. The van der Waals surface area contributed by atoms with Gasteiger partial charge in [0.2, 0.25) is 0 Å². The van der Waals surface area contributed by atoms with Crippen molar-refractivity contribution in [2.24, 2.45) is 0 Å². The van der Waals surface area contributed by atoms with Crippen LogP contribution in [0.15, 0.2) is 18.2 Å². The molecule has 0 heterocycles. The second-order valence-electron chi connectivity index (χ2n) is 3.62. The van der Waals surface area contributed by atoms with Crippen LogP contribution in [0.25, 0.3) is 0 Å². The minimum Gasteiger partial charge on any atom is -0.479 e. The number of anilines is 1. The van der Waals surface area contributed by atoms with Gasteiger partial charge in [-0.2, -0.15) is 0 Å². The number of carbonyl (C=O) groups excluding carboxylic acids is 1. The number of carboxylic acids is 1. The lowest BCUT2D eigenvalue weighted by Crippen LogP contribution is -2.33. The fourth-order valence-corrected chi connectivity index (χ4v) is 1.22. The average Bonchev–Trinajstić information content (AvgIpc) is 2.33. The topological polar surface area (TPSA) is 98.7 Å².